The third kappa shape index (κ3) is 4.20. The molecule has 0 aliphatic carbocycles. The summed E-state index contributed by atoms with van der Waals surface area (Å²) in [5.41, 5.74) is 6.89. The highest BCUT2D eigenvalue weighted by Crippen LogP contribution is 2.36. The Morgan fingerprint density at radius 2 is 2.00 bits per heavy atom. The van der Waals surface area contributed by atoms with E-state index in [-0.39, 0.29) is 5.78 Å². The smallest absolute Gasteiger partial charge is 0.165 e. The van der Waals surface area contributed by atoms with Crippen molar-refractivity contribution in [1.82, 2.24) is 14.9 Å². The number of nitrogens with zero attached hydrogens (tertiary/aromatic N) is 5. The van der Waals surface area contributed by atoms with Crippen LogP contribution in [0.25, 0.3) is 32.6 Å². The zero-order valence-electron chi connectivity index (χ0n) is 17.3. The summed E-state index contributed by atoms with van der Waals surface area (Å²) in [5, 5.41) is 9.36. The van der Waals surface area contributed by atoms with Gasteiger partial charge in [0.25, 0.3) is 0 Å². The van der Waals surface area contributed by atoms with E-state index in [9.17, 15) is 10.1 Å². The topological polar surface area (TPSA) is 82.2 Å². The molecule has 0 spiro atoms. The number of Topliss-reactive ketones (excluding diaryl/α,β-unsaturated/α-hetero) is 1. The summed E-state index contributed by atoms with van der Waals surface area (Å²) in [4.78, 5) is 27.8. The third-order valence-electron chi connectivity index (χ3n) is 4.70. The van der Waals surface area contributed by atoms with Gasteiger partial charge >= 0.3 is 0 Å². The lowest BCUT2D eigenvalue weighted by atomic mass is 9.95. The van der Waals surface area contributed by atoms with Gasteiger partial charge in [-0.3, -0.25) is 4.79 Å². The Hall–Kier alpha value is -3.89. The molecule has 0 saturated carbocycles. The fraction of sp³-hybridized carbons (Fsp3) is 0.125. The van der Waals surface area contributed by atoms with Crippen LogP contribution in [-0.2, 0) is 0 Å². The minimum Gasteiger partial charge on any atom is -0.369 e. The number of hydrogen-bond donors (Lipinski definition) is 0. The average molecular weight is 426 g/mol. The van der Waals surface area contributed by atoms with Gasteiger partial charge in [-0.05, 0) is 42.8 Å². The number of fused-ring (bicyclic) bond motifs is 1. The molecule has 0 radical (unpaired) electrons. The molecule has 7 heteroatoms. The number of rotatable bonds is 5. The highest BCUT2D eigenvalue weighted by Gasteiger charge is 2.18. The SMILES string of the molecule is CC(=O)c1cc(-c2ccc3ncsc3c2)c(-c2cccc(C#N)c2)nc1N=CN(C)C. The summed E-state index contributed by atoms with van der Waals surface area (Å²) >= 11 is 1.56. The van der Waals surface area contributed by atoms with Crippen LogP contribution < -0.4 is 0 Å². The van der Waals surface area contributed by atoms with Crippen molar-refractivity contribution in [1.29, 1.82) is 5.26 Å². The van der Waals surface area contributed by atoms with E-state index in [4.69, 9.17) is 4.98 Å². The van der Waals surface area contributed by atoms with Gasteiger partial charge in [0.2, 0.25) is 0 Å². The Labute approximate surface area is 184 Å². The fourth-order valence-electron chi connectivity index (χ4n) is 3.23. The number of benzene rings is 2. The van der Waals surface area contributed by atoms with Gasteiger partial charge in [0, 0.05) is 25.2 Å². The van der Waals surface area contributed by atoms with Crippen molar-refractivity contribution >= 4 is 39.5 Å². The van der Waals surface area contributed by atoms with Gasteiger partial charge in [-0.15, -0.1) is 11.3 Å². The summed E-state index contributed by atoms with van der Waals surface area (Å²) in [6, 6.07) is 17.3. The molecule has 0 saturated heterocycles. The van der Waals surface area contributed by atoms with E-state index < -0.39 is 0 Å². The van der Waals surface area contributed by atoms with Crippen LogP contribution in [0.3, 0.4) is 0 Å². The summed E-state index contributed by atoms with van der Waals surface area (Å²) < 4.78 is 1.05. The molecule has 152 valence electrons. The van der Waals surface area contributed by atoms with E-state index in [0.717, 1.165) is 26.9 Å². The molecule has 0 aliphatic rings. The molecule has 4 rings (SSSR count). The Kier molecular flexibility index (Phi) is 5.56. The lowest BCUT2D eigenvalue weighted by molar-refractivity contribution is 0.101. The van der Waals surface area contributed by atoms with Crippen LogP contribution in [0.1, 0.15) is 22.8 Å². The van der Waals surface area contributed by atoms with Crippen molar-refractivity contribution in [2.45, 2.75) is 6.92 Å². The third-order valence-corrected chi connectivity index (χ3v) is 5.49. The molecule has 0 fully saturated rings. The van der Waals surface area contributed by atoms with Gasteiger partial charge in [-0.2, -0.15) is 5.26 Å². The number of carbonyl (C=O) groups excluding carboxylic acids is 1. The number of hydrogen-bond acceptors (Lipinski definition) is 6. The second-order valence-corrected chi connectivity index (χ2v) is 8.13. The first-order valence-electron chi connectivity index (χ1n) is 9.57. The molecular weight excluding hydrogens is 406 g/mol. The monoisotopic (exact) mass is 425 g/mol. The van der Waals surface area contributed by atoms with Crippen molar-refractivity contribution in [2.24, 2.45) is 4.99 Å². The molecule has 31 heavy (non-hydrogen) atoms. The first-order valence-corrected chi connectivity index (χ1v) is 10.4. The maximum Gasteiger partial charge on any atom is 0.165 e. The Bertz CT molecular complexity index is 1360. The van der Waals surface area contributed by atoms with Gasteiger partial charge < -0.3 is 4.90 Å². The summed E-state index contributed by atoms with van der Waals surface area (Å²) in [6.07, 6.45) is 1.62. The van der Waals surface area contributed by atoms with Gasteiger partial charge in [0.1, 0.15) is 0 Å². The first-order chi connectivity index (χ1) is 15.0. The molecule has 0 amide bonds. The van der Waals surface area contributed by atoms with Crippen LogP contribution in [-0.4, -0.2) is 41.1 Å². The van der Waals surface area contributed by atoms with E-state index in [1.54, 1.807) is 34.7 Å². The Morgan fingerprint density at radius 1 is 1.16 bits per heavy atom. The van der Waals surface area contributed by atoms with Gasteiger partial charge in [-0.1, -0.05) is 18.2 Å². The van der Waals surface area contributed by atoms with Crippen LogP contribution in [0.4, 0.5) is 5.82 Å². The van der Waals surface area contributed by atoms with Crippen LogP contribution in [0.2, 0.25) is 0 Å². The van der Waals surface area contributed by atoms with E-state index >= 15 is 0 Å². The van der Waals surface area contributed by atoms with E-state index in [2.05, 4.69) is 16.0 Å². The van der Waals surface area contributed by atoms with Crippen molar-refractivity contribution in [2.75, 3.05) is 14.1 Å². The maximum absolute atomic E-state index is 12.4. The molecule has 0 unspecified atom stereocenters. The number of ketones is 1. The molecular formula is C24H19N5OS. The zero-order valence-corrected chi connectivity index (χ0v) is 18.1. The van der Waals surface area contributed by atoms with Crippen LogP contribution >= 0.6 is 11.3 Å². The minimum absolute atomic E-state index is 0.115. The number of thiazole rings is 1. The Morgan fingerprint density at radius 3 is 2.74 bits per heavy atom. The van der Waals surface area contributed by atoms with Gasteiger partial charge in [0.05, 0.1) is 45.0 Å². The van der Waals surface area contributed by atoms with Crippen molar-refractivity contribution in [3.05, 3.63) is 65.2 Å². The summed E-state index contributed by atoms with van der Waals surface area (Å²) in [5.74, 6) is 0.233. The van der Waals surface area contributed by atoms with Crippen LogP contribution in [0, 0.1) is 11.3 Å². The average Bonchev–Trinajstić information content (AvgIpc) is 3.25. The van der Waals surface area contributed by atoms with Crippen LogP contribution in [0.15, 0.2) is 59.0 Å². The predicted molar refractivity (Wildman–Crippen MR) is 125 cm³/mol. The predicted octanol–water partition coefficient (Wildman–Crippen LogP) is 5.32. The molecule has 0 N–H and O–H groups in total. The normalized spacial score (nSPS) is 11.0. The number of nitriles is 1. The van der Waals surface area contributed by atoms with Crippen molar-refractivity contribution in [3.63, 3.8) is 0 Å². The van der Waals surface area contributed by atoms with Gasteiger partial charge in [-0.25, -0.2) is 15.0 Å². The van der Waals surface area contributed by atoms with Crippen LogP contribution in [0.5, 0.6) is 0 Å². The zero-order chi connectivity index (χ0) is 22.0. The van der Waals surface area contributed by atoms with E-state index in [1.165, 1.54) is 6.92 Å². The highest BCUT2D eigenvalue weighted by molar-refractivity contribution is 7.16. The summed E-state index contributed by atoms with van der Waals surface area (Å²) in [6.45, 7) is 1.51. The fourth-order valence-corrected chi connectivity index (χ4v) is 3.95. The highest BCUT2D eigenvalue weighted by atomic mass is 32.1. The molecule has 4 aromatic rings. The van der Waals surface area contributed by atoms with E-state index in [0.29, 0.717) is 22.6 Å². The van der Waals surface area contributed by atoms with Gasteiger partial charge in [0.15, 0.2) is 11.6 Å². The first kappa shape index (κ1) is 20.4. The van der Waals surface area contributed by atoms with Crippen molar-refractivity contribution in [3.8, 4) is 28.5 Å². The standard InChI is InChI=1S/C24H19N5OS/c1-15(30)19-11-20(17-7-8-21-22(10-17)31-14-27-21)23(28-24(19)26-13-29(2)3)18-6-4-5-16(9-18)12-25/h4-11,13-14H,1-3H3. The molecule has 2 heterocycles. The molecule has 2 aromatic heterocycles. The molecule has 0 aliphatic heterocycles. The second kappa shape index (κ2) is 8.46. The maximum atomic E-state index is 12.4. The number of aliphatic imine (C=N–C) groups is 1. The molecule has 2 aromatic carbocycles. The second-order valence-electron chi connectivity index (χ2n) is 7.25. The van der Waals surface area contributed by atoms with Crippen molar-refractivity contribution < 1.29 is 4.79 Å². The van der Waals surface area contributed by atoms with E-state index in [1.807, 2.05) is 56.0 Å². The number of aromatic nitrogens is 2. The number of pyridine rings is 1. The minimum atomic E-state index is -0.115. The quantitative estimate of drug-likeness (QED) is 0.245. The lowest BCUT2D eigenvalue weighted by Gasteiger charge is -2.14. The molecule has 0 atom stereocenters. The molecule has 0 bridgehead atoms. The lowest BCUT2D eigenvalue weighted by Crippen LogP contribution is -2.08. The molecule has 6 nitrogen and oxygen atoms in total. The summed E-state index contributed by atoms with van der Waals surface area (Å²) in [7, 11) is 3.71. The number of carbonyl (C=O) groups is 1. The largest absolute Gasteiger partial charge is 0.369 e. The Balaban J connectivity index is 2.01.